The number of hydrogen-bond acceptors (Lipinski definition) is 11. The molecule has 7 N–H and O–H groups in total. The molecule has 13 nitrogen and oxygen atoms in total. The van der Waals surface area contributed by atoms with Crippen LogP contribution < -0.4 is 20.9 Å². The highest BCUT2D eigenvalue weighted by Crippen LogP contribution is 2.67. The third kappa shape index (κ3) is 5.19. The number of amides is 1. The van der Waals surface area contributed by atoms with E-state index in [-0.39, 0.29) is 6.04 Å². The van der Waals surface area contributed by atoms with Crippen LogP contribution in [0.15, 0.2) is 48.6 Å². The molecule has 2 aromatic carbocycles. The van der Waals surface area contributed by atoms with E-state index in [2.05, 4.69) is 26.3 Å². The summed E-state index contributed by atoms with van der Waals surface area (Å²) in [6.07, 6.45) is 6.68. The Morgan fingerprint density at radius 1 is 1.09 bits per heavy atom. The number of hydrogen-bond donors (Lipinski definition) is 6. The number of H-pyrrole nitrogens is 1. The number of nitrogens with one attached hydrogen (secondary N) is 2. The Morgan fingerprint density at radius 2 is 1.87 bits per heavy atom. The quantitative estimate of drug-likeness (QED) is 0.0590. The summed E-state index contributed by atoms with van der Waals surface area (Å²) in [4.78, 5) is 38.4. The summed E-state index contributed by atoms with van der Waals surface area (Å²) in [5, 5.41) is 37.2. The molecule has 55 heavy (non-hydrogen) atoms. The summed E-state index contributed by atoms with van der Waals surface area (Å²) >= 11 is 0. The van der Waals surface area contributed by atoms with Crippen molar-refractivity contribution in [3.63, 3.8) is 0 Å². The van der Waals surface area contributed by atoms with Crippen LogP contribution in [0.3, 0.4) is 0 Å². The maximum absolute atomic E-state index is 14.3. The summed E-state index contributed by atoms with van der Waals surface area (Å²) in [6.45, 7) is 7.58. The second-order valence-corrected chi connectivity index (χ2v) is 16.6. The maximum atomic E-state index is 14.3. The number of aromatic nitrogens is 1. The van der Waals surface area contributed by atoms with Gasteiger partial charge in [0.15, 0.2) is 5.60 Å². The lowest BCUT2D eigenvalue weighted by molar-refractivity contribution is -0.203. The highest BCUT2D eigenvalue weighted by molar-refractivity contribution is 5.92. The van der Waals surface area contributed by atoms with Crippen molar-refractivity contribution in [1.29, 1.82) is 0 Å². The number of fused-ring (bicyclic) bond motifs is 2. The normalized spacial score (nSPS) is 33.3. The number of aromatic amines is 1. The number of methoxy groups -OCH3 is 2. The Labute approximate surface area is 322 Å². The van der Waals surface area contributed by atoms with Crippen molar-refractivity contribution in [1.82, 2.24) is 20.2 Å². The van der Waals surface area contributed by atoms with Gasteiger partial charge in [-0.2, -0.15) is 0 Å². The van der Waals surface area contributed by atoms with Gasteiger partial charge >= 0.3 is 5.97 Å². The van der Waals surface area contributed by atoms with E-state index in [1.54, 1.807) is 7.11 Å². The fourth-order valence-electron chi connectivity index (χ4n) is 11.9. The summed E-state index contributed by atoms with van der Waals surface area (Å²) in [5.74, 6) is 4.02. The van der Waals surface area contributed by atoms with Gasteiger partial charge in [0.1, 0.15) is 17.8 Å². The number of rotatable bonds is 10. The van der Waals surface area contributed by atoms with Crippen LogP contribution in [0.1, 0.15) is 74.3 Å². The molecule has 296 valence electrons. The Kier molecular flexibility index (Phi) is 9.37. The molecule has 1 aliphatic carbocycles. The first kappa shape index (κ1) is 37.9. The van der Waals surface area contributed by atoms with Gasteiger partial charge in [-0.1, -0.05) is 44.2 Å². The SMILES string of the molecule is CCC1(O)CCCN(CCc2c([C@@H](C(=O)OC)c3cc4c(cc3OC)N(C)[C@H]3[C@@](O)(C(=O)NN)[C@H](O)[C@]5(CC)C=CCN6CC[C@]43[C@@H]65)[nH]c3ccccc23)C1. The van der Waals surface area contributed by atoms with Gasteiger partial charge in [0, 0.05) is 77.5 Å². The van der Waals surface area contributed by atoms with Crippen molar-refractivity contribution in [2.24, 2.45) is 11.3 Å². The molecule has 0 bridgehead atoms. The monoisotopic (exact) mass is 756 g/mol. The number of nitrogens with two attached hydrogens (primary N) is 1. The number of aliphatic hydroxyl groups is 3. The lowest BCUT2D eigenvalue weighted by Crippen LogP contribution is -2.82. The number of hydrazine groups is 1. The minimum Gasteiger partial charge on any atom is -0.496 e. The Hall–Kier alpha value is -3.98. The number of likely N-dealkylation sites (N-methyl/N-ethyl adjacent to an activating group) is 1. The van der Waals surface area contributed by atoms with E-state index in [1.165, 1.54) is 7.11 Å². The molecule has 8 rings (SSSR count). The van der Waals surface area contributed by atoms with Gasteiger partial charge in [0.05, 0.1) is 25.9 Å². The highest BCUT2D eigenvalue weighted by atomic mass is 16.5. The highest BCUT2D eigenvalue weighted by Gasteiger charge is 2.78. The second-order valence-electron chi connectivity index (χ2n) is 16.6. The number of anilines is 1. The van der Waals surface area contributed by atoms with E-state index in [9.17, 15) is 24.9 Å². The molecule has 4 aliphatic heterocycles. The van der Waals surface area contributed by atoms with Crippen LogP contribution >= 0.6 is 0 Å². The predicted octanol–water partition coefficient (Wildman–Crippen LogP) is 2.45. The topological polar surface area (TPSA) is 177 Å². The first-order chi connectivity index (χ1) is 26.4. The van der Waals surface area contributed by atoms with Crippen molar-refractivity contribution in [3.05, 3.63) is 70.9 Å². The van der Waals surface area contributed by atoms with Crippen molar-refractivity contribution < 1.29 is 34.4 Å². The van der Waals surface area contributed by atoms with E-state index < -0.39 is 52.0 Å². The number of benzene rings is 2. The van der Waals surface area contributed by atoms with Crippen LogP contribution in [0.2, 0.25) is 0 Å². The fourth-order valence-corrected chi connectivity index (χ4v) is 11.9. The average molecular weight is 757 g/mol. The predicted molar refractivity (Wildman–Crippen MR) is 209 cm³/mol. The van der Waals surface area contributed by atoms with Crippen molar-refractivity contribution in [3.8, 4) is 5.75 Å². The molecule has 1 unspecified atom stereocenters. The number of likely N-dealkylation sites (tertiary alicyclic amines) is 1. The first-order valence-corrected chi connectivity index (χ1v) is 19.8. The van der Waals surface area contributed by atoms with Gasteiger partial charge in [-0.3, -0.25) is 19.9 Å². The van der Waals surface area contributed by atoms with E-state index in [0.29, 0.717) is 68.9 Å². The molecular formula is C42H56N6O7. The smallest absolute Gasteiger partial charge is 0.319 e. The zero-order valence-corrected chi connectivity index (χ0v) is 32.6. The van der Waals surface area contributed by atoms with Gasteiger partial charge in [0.2, 0.25) is 0 Å². The van der Waals surface area contributed by atoms with Crippen molar-refractivity contribution in [2.45, 2.75) is 93.1 Å². The summed E-state index contributed by atoms with van der Waals surface area (Å²) in [5.41, 5.74) is 2.22. The van der Waals surface area contributed by atoms with Gasteiger partial charge in [-0.25, -0.2) is 5.84 Å². The number of carbonyl (C=O) groups is 2. The van der Waals surface area contributed by atoms with Crippen LogP contribution in [0.25, 0.3) is 10.9 Å². The van der Waals surface area contributed by atoms with E-state index in [0.717, 1.165) is 47.1 Å². The third-order valence-electron chi connectivity index (χ3n) is 14.4. The van der Waals surface area contributed by atoms with Crippen LogP contribution in [-0.2, 0) is 26.2 Å². The number of piperidine rings is 1. The number of nitrogens with zero attached hydrogens (tertiary/aromatic N) is 3. The second kappa shape index (κ2) is 13.6. The van der Waals surface area contributed by atoms with Crippen LogP contribution in [0.5, 0.6) is 5.75 Å². The Bertz CT molecular complexity index is 2040. The molecule has 1 amide bonds. The molecule has 13 heteroatoms. The molecule has 8 atom stereocenters. The number of esters is 1. The van der Waals surface area contributed by atoms with Gasteiger partial charge in [-0.15, -0.1) is 0 Å². The molecule has 5 heterocycles. The Balaban J connectivity index is 1.32. The molecule has 1 aromatic heterocycles. The molecular weight excluding hydrogens is 700 g/mol. The molecule has 0 radical (unpaired) electrons. The van der Waals surface area contributed by atoms with Crippen LogP contribution in [0, 0.1) is 5.41 Å². The molecule has 1 saturated carbocycles. The van der Waals surface area contributed by atoms with Crippen molar-refractivity contribution >= 4 is 28.5 Å². The summed E-state index contributed by atoms with van der Waals surface area (Å²) in [7, 11) is 4.81. The number of β-amino-alcohol motifs (C(OH)–C–C–N with tert-alkyl or cyclic N) is 1. The lowest BCUT2D eigenvalue weighted by atomic mass is 9.47. The molecule has 1 spiro atoms. The zero-order valence-electron chi connectivity index (χ0n) is 32.6. The average Bonchev–Trinajstić information content (AvgIpc) is 3.85. The largest absolute Gasteiger partial charge is 0.496 e. The fraction of sp³-hybridized carbons (Fsp3) is 0.571. The molecule has 3 fully saturated rings. The number of aliphatic hydroxyl groups excluding tert-OH is 1. The van der Waals surface area contributed by atoms with E-state index in [1.807, 2.05) is 68.3 Å². The molecule has 5 aliphatic rings. The minimum atomic E-state index is -2.29. The van der Waals surface area contributed by atoms with Crippen LogP contribution in [0.4, 0.5) is 5.69 Å². The van der Waals surface area contributed by atoms with Gasteiger partial charge in [-0.05, 0) is 74.9 Å². The van der Waals surface area contributed by atoms with E-state index >= 15 is 0 Å². The zero-order chi connectivity index (χ0) is 39.1. The minimum absolute atomic E-state index is 0.266. The van der Waals surface area contributed by atoms with Gasteiger partial charge < -0.3 is 39.6 Å². The standard InChI is InChI=1S/C42H56N6O7/c1-6-39(52)15-10-18-47(24-39)20-14-26-25-12-8-9-13-29(25)44-33(26)32(34(49)55-5)27-22-28-30(23-31(27)54-4)46(3)36-41(28)17-21-48-19-11-16-40(7-2,35(41)48)37(50)42(36,53)38(51)45-43/h8-9,11-13,16,22-23,32,35-37,44,50,52-53H,6-7,10,14-15,17-21,24,43H2,1-5H3,(H,45,51)/t32-,35-,36+,37+,39?,40+,41+,42-/m0/s1. The van der Waals surface area contributed by atoms with Crippen molar-refractivity contribution in [2.75, 3.05) is 58.9 Å². The maximum Gasteiger partial charge on any atom is 0.319 e. The Morgan fingerprint density at radius 3 is 2.58 bits per heavy atom. The lowest BCUT2D eigenvalue weighted by Gasteiger charge is -2.63. The van der Waals surface area contributed by atoms with Crippen LogP contribution in [-0.4, -0.2) is 125 Å². The number of ether oxygens (including phenoxy) is 2. The first-order valence-electron chi connectivity index (χ1n) is 19.8. The summed E-state index contributed by atoms with van der Waals surface area (Å²) in [6, 6.07) is 10.8. The summed E-state index contributed by atoms with van der Waals surface area (Å²) < 4.78 is 11.7. The molecule has 3 aromatic rings. The number of para-hydroxylation sites is 1. The van der Waals surface area contributed by atoms with E-state index in [4.69, 9.17) is 15.3 Å². The number of carbonyl (C=O) groups excluding carboxylic acids is 2. The molecule has 2 saturated heterocycles. The third-order valence-corrected chi connectivity index (χ3v) is 14.4. The van der Waals surface area contributed by atoms with Gasteiger partial charge in [0.25, 0.3) is 5.91 Å².